The molecule has 2 aromatic carbocycles. The Kier molecular flexibility index (Phi) is 5.59. The second-order valence-electron chi connectivity index (χ2n) is 6.71. The number of carbonyl (C=O) groups excluding carboxylic acids is 2. The Morgan fingerprint density at radius 2 is 1.79 bits per heavy atom. The minimum Gasteiger partial charge on any atom is -0.488 e. The summed E-state index contributed by atoms with van der Waals surface area (Å²) < 4.78 is 11.1. The van der Waals surface area contributed by atoms with Gasteiger partial charge >= 0.3 is 0 Å². The normalized spacial score (nSPS) is 10.6. The molecule has 1 amide bonds. The van der Waals surface area contributed by atoms with E-state index in [1.54, 1.807) is 31.2 Å². The molecule has 0 radical (unpaired) electrons. The second kappa shape index (κ2) is 8.08. The maximum absolute atomic E-state index is 12.6. The average molecular weight is 378 g/mol. The number of aryl methyl sites for hydroxylation is 3. The van der Waals surface area contributed by atoms with Gasteiger partial charge in [-0.2, -0.15) is 0 Å². The minimum atomic E-state index is -0.397. The third-order valence-corrected chi connectivity index (χ3v) is 4.45. The molecule has 0 saturated heterocycles. The number of nitrogens with one attached hydrogen (secondary N) is 1. The van der Waals surface area contributed by atoms with E-state index in [2.05, 4.69) is 10.5 Å². The van der Waals surface area contributed by atoms with Gasteiger partial charge < -0.3 is 14.6 Å². The zero-order valence-corrected chi connectivity index (χ0v) is 16.3. The van der Waals surface area contributed by atoms with Crippen LogP contribution >= 0.6 is 0 Å². The highest BCUT2D eigenvalue weighted by Gasteiger charge is 2.21. The Balaban J connectivity index is 1.74. The number of ketones is 1. The SMILES string of the molecule is CC(=O)c1ccc(NC(=O)c2noc(C)c2COc2ccc(C)cc2C)cc1. The van der Waals surface area contributed by atoms with Crippen molar-refractivity contribution in [3.63, 3.8) is 0 Å². The van der Waals surface area contributed by atoms with Gasteiger partial charge in [0.1, 0.15) is 18.1 Å². The van der Waals surface area contributed by atoms with Gasteiger partial charge in [-0.1, -0.05) is 22.9 Å². The number of hydrogen-bond donors (Lipinski definition) is 1. The number of carbonyl (C=O) groups is 2. The van der Waals surface area contributed by atoms with Crippen LogP contribution in [-0.2, 0) is 6.61 Å². The first kappa shape index (κ1) is 19.4. The van der Waals surface area contributed by atoms with Crippen molar-refractivity contribution in [2.75, 3.05) is 5.32 Å². The maximum Gasteiger partial charge on any atom is 0.278 e. The summed E-state index contributed by atoms with van der Waals surface area (Å²) in [6, 6.07) is 12.6. The fraction of sp³-hybridized carbons (Fsp3) is 0.227. The molecule has 3 aromatic rings. The van der Waals surface area contributed by atoms with Crippen LogP contribution in [0.25, 0.3) is 0 Å². The predicted molar refractivity (Wildman–Crippen MR) is 106 cm³/mol. The number of hydrogen-bond acceptors (Lipinski definition) is 5. The molecule has 144 valence electrons. The fourth-order valence-corrected chi connectivity index (χ4v) is 2.83. The van der Waals surface area contributed by atoms with Crippen LogP contribution in [0.15, 0.2) is 47.0 Å². The Labute approximate surface area is 163 Å². The molecule has 0 aliphatic carbocycles. The topological polar surface area (TPSA) is 81.4 Å². The van der Waals surface area contributed by atoms with Gasteiger partial charge in [0.05, 0.1) is 5.56 Å². The first-order valence-electron chi connectivity index (χ1n) is 8.92. The molecule has 1 aromatic heterocycles. The Bertz CT molecular complexity index is 1020. The molecule has 3 rings (SSSR count). The van der Waals surface area contributed by atoms with Crippen LogP contribution in [0.4, 0.5) is 5.69 Å². The first-order chi connectivity index (χ1) is 13.3. The highest BCUT2D eigenvalue weighted by atomic mass is 16.5. The first-order valence-corrected chi connectivity index (χ1v) is 8.92. The molecule has 1 heterocycles. The van der Waals surface area contributed by atoms with E-state index in [0.717, 1.165) is 16.9 Å². The van der Waals surface area contributed by atoms with Crippen LogP contribution in [0.2, 0.25) is 0 Å². The number of nitrogens with zero attached hydrogens (tertiary/aromatic N) is 1. The lowest BCUT2D eigenvalue weighted by Gasteiger charge is -2.10. The highest BCUT2D eigenvalue weighted by Crippen LogP contribution is 2.23. The smallest absolute Gasteiger partial charge is 0.278 e. The molecule has 6 heteroatoms. The Morgan fingerprint density at radius 1 is 1.07 bits per heavy atom. The Hall–Kier alpha value is -3.41. The molecule has 0 atom stereocenters. The summed E-state index contributed by atoms with van der Waals surface area (Å²) in [4.78, 5) is 24.0. The van der Waals surface area contributed by atoms with Crippen LogP contribution in [0.1, 0.15) is 50.2 Å². The average Bonchev–Trinajstić information content (AvgIpc) is 3.02. The van der Waals surface area contributed by atoms with Gasteiger partial charge in [0.15, 0.2) is 11.5 Å². The van der Waals surface area contributed by atoms with Crippen LogP contribution < -0.4 is 10.1 Å². The van der Waals surface area contributed by atoms with Crippen LogP contribution in [0.3, 0.4) is 0 Å². The molecule has 6 nitrogen and oxygen atoms in total. The molecule has 1 N–H and O–H groups in total. The van der Waals surface area contributed by atoms with Crippen LogP contribution in [0.5, 0.6) is 5.75 Å². The highest BCUT2D eigenvalue weighted by molar-refractivity contribution is 6.04. The molecule has 0 spiro atoms. The third kappa shape index (κ3) is 4.28. The minimum absolute atomic E-state index is 0.0316. The summed E-state index contributed by atoms with van der Waals surface area (Å²) in [5.41, 5.74) is 4.10. The van der Waals surface area contributed by atoms with Crippen molar-refractivity contribution < 1.29 is 18.8 Å². The van der Waals surface area contributed by atoms with Crippen molar-refractivity contribution >= 4 is 17.4 Å². The van der Waals surface area contributed by atoms with E-state index in [0.29, 0.717) is 22.6 Å². The second-order valence-corrected chi connectivity index (χ2v) is 6.71. The van der Waals surface area contributed by atoms with E-state index in [-0.39, 0.29) is 18.1 Å². The summed E-state index contributed by atoms with van der Waals surface area (Å²) in [6.45, 7) is 7.40. The van der Waals surface area contributed by atoms with Gasteiger partial charge in [-0.05, 0) is 63.6 Å². The van der Waals surface area contributed by atoms with E-state index in [9.17, 15) is 9.59 Å². The van der Waals surface area contributed by atoms with E-state index in [1.807, 2.05) is 32.0 Å². The summed E-state index contributed by atoms with van der Waals surface area (Å²) in [6.07, 6.45) is 0. The molecule has 0 unspecified atom stereocenters. The summed E-state index contributed by atoms with van der Waals surface area (Å²) in [5.74, 6) is 0.849. The number of Topliss-reactive ketones (excluding diaryl/α,β-unsaturated/α-hetero) is 1. The zero-order valence-electron chi connectivity index (χ0n) is 16.3. The lowest BCUT2D eigenvalue weighted by atomic mass is 10.1. The van der Waals surface area contributed by atoms with Crippen molar-refractivity contribution in [1.82, 2.24) is 5.16 Å². The van der Waals surface area contributed by atoms with Crippen LogP contribution in [0, 0.1) is 20.8 Å². The van der Waals surface area contributed by atoms with Gasteiger partial charge in [0.2, 0.25) is 0 Å². The quantitative estimate of drug-likeness (QED) is 0.632. The maximum atomic E-state index is 12.6. The lowest BCUT2D eigenvalue weighted by molar-refractivity contribution is 0.101. The third-order valence-electron chi connectivity index (χ3n) is 4.45. The number of aromatic nitrogens is 1. The van der Waals surface area contributed by atoms with Crippen molar-refractivity contribution in [2.45, 2.75) is 34.3 Å². The van der Waals surface area contributed by atoms with Crippen molar-refractivity contribution in [1.29, 1.82) is 0 Å². The predicted octanol–water partition coefficient (Wildman–Crippen LogP) is 4.63. The Morgan fingerprint density at radius 3 is 2.43 bits per heavy atom. The number of anilines is 1. The molecule has 0 aliphatic rings. The van der Waals surface area contributed by atoms with Gasteiger partial charge in [-0.3, -0.25) is 9.59 Å². The lowest BCUT2D eigenvalue weighted by Crippen LogP contribution is -2.15. The van der Waals surface area contributed by atoms with E-state index in [4.69, 9.17) is 9.26 Å². The monoisotopic (exact) mass is 378 g/mol. The van der Waals surface area contributed by atoms with E-state index < -0.39 is 5.91 Å². The van der Waals surface area contributed by atoms with E-state index in [1.165, 1.54) is 6.92 Å². The molecule has 0 aliphatic heterocycles. The van der Waals surface area contributed by atoms with Crippen molar-refractivity contribution in [3.05, 3.63) is 76.2 Å². The summed E-state index contributed by atoms with van der Waals surface area (Å²) >= 11 is 0. The summed E-state index contributed by atoms with van der Waals surface area (Å²) in [5, 5.41) is 6.65. The van der Waals surface area contributed by atoms with Crippen molar-refractivity contribution in [3.8, 4) is 5.75 Å². The molecular weight excluding hydrogens is 356 g/mol. The molecule has 28 heavy (non-hydrogen) atoms. The molecule has 0 fully saturated rings. The number of rotatable bonds is 6. The molecule has 0 bridgehead atoms. The molecular formula is C22H22N2O4. The van der Waals surface area contributed by atoms with E-state index >= 15 is 0 Å². The fourth-order valence-electron chi connectivity index (χ4n) is 2.83. The van der Waals surface area contributed by atoms with Crippen molar-refractivity contribution in [2.24, 2.45) is 0 Å². The zero-order chi connectivity index (χ0) is 20.3. The van der Waals surface area contributed by atoms with Gasteiger partial charge in [-0.25, -0.2) is 0 Å². The number of amides is 1. The standard InChI is InChI=1S/C22H22N2O4/c1-13-5-10-20(14(2)11-13)27-12-19-16(4)28-24-21(19)22(26)23-18-8-6-17(7-9-18)15(3)25/h5-11H,12H2,1-4H3,(H,23,26). The van der Waals surface area contributed by atoms with Gasteiger partial charge in [-0.15, -0.1) is 0 Å². The van der Waals surface area contributed by atoms with Gasteiger partial charge in [0.25, 0.3) is 5.91 Å². The number of benzene rings is 2. The molecule has 0 saturated carbocycles. The largest absolute Gasteiger partial charge is 0.488 e. The van der Waals surface area contributed by atoms with Crippen LogP contribution in [-0.4, -0.2) is 16.8 Å². The summed E-state index contributed by atoms with van der Waals surface area (Å²) in [7, 11) is 0. The number of ether oxygens (including phenoxy) is 1. The van der Waals surface area contributed by atoms with Gasteiger partial charge in [0, 0.05) is 11.3 Å².